The first-order valence-corrected chi connectivity index (χ1v) is 14.3. The Morgan fingerprint density at radius 1 is 1.16 bits per heavy atom. The number of allylic oxidation sites excluding steroid dienone is 1. The van der Waals surface area contributed by atoms with Crippen molar-refractivity contribution >= 4 is 40.0 Å². The molecule has 1 atom stereocenters. The number of nitrogens with zero attached hydrogens (tertiary/aromatic N) is 3. The third-order valence-corrected chi connectivity index (χ3v) is 8.36. The second kappa shape index (κ2) is 13.0. The summed E-state index contributed by atoms with van der Waals surface area (Å²) in [6.45, 7) is 6.20. The molecule has 1 aliphatic carbocycles. The Bertz CT molecular complexity index is 1290. The van der Waals surface area contributed by atoms with Crippen LogP contribution in [-0.2, 0) is 28.9 Å². The van der Waals surface area contributed by atoms with Crippen molar-refractivity contribution in [1.82, 2.24) is 14.8 Å². The molecule has 2 aromatic heterocycles. The number of nitrogens with one attached hydrogen (secondary N) is 1. The number of thioether (sulfide) groups is 1. The molecule has 38 heavy (non-hydrogen) atoms. The van der Waals surface area contributed by atoms with E-state index in [1.807, 2.05) is 35.8 Å². The number of rotatable bonds is 11. The van der Waals surface area contributed by atoms with E-state index < -0.39 is 5.97 Å². The Morgan fingerprint density at radius 2 is 1.89 bits per heavy atom. The quantitative estimate of drug-likeness (QED) is 0.144. The number of ether oxygens (including phenoxy) is 3. The highest BCUT2D eigenvalue weighted by Gasteiger charge is 2.27. The van der Waals surface area contributed by atoms with Gasteiger partial charge >= 0.3 is 5.97 Å². The van der Waals surface area contributed by atoms with Gasteiger partial charge in [0.1, 0.15) is 16.5 Å². The van der Waals surface area contributed by atoms with Gasteiger partial charge in [0.05, 0.1) is 25.5 Å². The summed E-state index contributed by atoms with van der Waals surface area (Å²) in [5.74, 6) is 1.51. The van der Waals surface area contributed by atoms with Gasteiger partial charge < -0.3 is 19.5 Å². The van der Waals surface area contributed by atoms with Crippen molar-refractivity contribution in [2.45, 2.75) is 56.8 Å². The Labute approximate surface area is 230 Å². The van der Waals surface area contributed by atoms with Crippen molar-refractivity contribution in [3.63, 3.8) is 0 Å². The van der Waals surface area contributed by atoms with Crippen LogP contribution in [0.3, 0.4) is 0 Å². The fourth-order valence-electron chi connectivity index (χ4n) is 4.36. The van der Waals surface area contributed by atoms with Crippen molar-refractivity contribution < 1.29 is 23.8 Å². The van der Waals surface area contributed by atoms with Gasteiger partial charge in [-0.1, -0.05) is 24.3 Å². The number of hydrogen-bond donors (Lipinski definition) is 1. The molecule has 0 radical (unpaired) electrons. The lowest BCUT2D eigenvalue weighted by Crippen LogP contribution is -2.17. The van der Waals surface area contributed by atoms with E-state index in [0.29, 0.717) is 33.8 Å². The monoisotopic (exact) mass is 556 g/mol. The molecule has 1 aliphatic rings. The number of thiophene rings is 1. The van der Waals surface area contributed by atoms with Gasteiger partial charge in [-0.3, -0.25) is 9.36 Å². The first-order chi connectivity index (χ1) is 18.4. The van der Waals surface area contributed by atoms with Crippen LogP contribution < -0.4 is 14.8 Å². The van der Waals surface area contributed by atoms with Crippen LogP contribution in [0.1, 0.15) is 58.9 Å². The summed E-state index contributed by atoms with van der Waals surface area (Å²) in [5, 5.41) is 12.7. The number of esters is 1. The molecule has 2 heterocycles. The molecule has 9 nitrogen and oxygen atoms in total. The fourth-order valence-corrected chi connectivity index (χ4v) is 6.41. The molecule has 1 unspecified atom stereocenters. The van der Waals surface area contributed by atoms with Crippen LogP contribution in [0.2, 0.25) is 0 Å². The highest BCUT2D eigenvalue weighted by atomic mass is 32.2. The van der Waals surface area contributed by atoms with Gasteiger partial charge in [-0.15, -0.1) is 28.1 Å². The van der Waals surface area contributed by atoms with Crippen LogP contribution in [0.4, 0.5) is 5.00 Å². The molecule has 0 saturated heterocycles. The molecule has 1 aromatic carbocycles. The van der Waals surface area contributed by atoms with Gasteiger partial charge in [0.2, 0.25) is 5.91 Å². The largest absolute Gasteiger partial charge is 0.497 e. The maximum absolute atomic E-state index is 12.9. The zero-order valence-corrected chi connectivity index (χ0v) is 23.5. The average molecular weight is 557 g/mol. The minimum Gasteiger partial charge on any atom is -0.497 e. The molecule has 0 fully saturated rings. The maximum Gasteiger partial charge on any atom is 0.341 e. The number of aryl methyl sites for hydroxylation is 1. The lowest BCUT2D eigenvalue weighted by Gasteiger charge is -2.16. The van der Waals surface area contributed by atoms with Gasteiger partial charge in [0.15, 0.2) is 17.1 Å². The molecule has 202 valence electrons. The van der Waals surface area contributed by atoms with Gasteiger partial charge in [0.25, 0.3) is 0 Å². The Balaban J connectivity index is 1.45. The van der Waals surface area contributed by atoms with Gasteiger partial charge in [-0.2, -0.15) is 0 Å². The summed E-state index contributed by atoms with van der Waals surface area (Å²) in [4.78, 5) is 26.7. The summed E-state index contributed by atoms with van der Waals surface area (Å²) in [7, 11) is 2.98. The van der Waals surface area contributed by atoms with Crippen molar-refractivity contribution in [1.29, 1.82) is 0 Å². The number of amides is 1. The summed E-state index contributed by atoms with van der Waals surface area (Å²) >= 11 is 2.75. The van der Waals surface area contributed by atoms with Gasteiger partial charge in [-0.25, -0.2) is 4.79 Å². The lowest BCUT2D eigenvalue weighted by molar-refractivity contribution is -0.113. The van der Waals surface area contributed by atoms with Crippen LogP contribution in [-0.4, -0.2) is 46.6 Å². The number of carbonyl (C=O) groups excluding carboxylic acids is 2. The third kappa shape index (κ3) is 6.39. The second-order valence-electron chi connectivity index (χ2n) is 8.77. The second-order valence-corrected chi connectivity index (χ2v) is 10.8. The van der Waals surface area contributed by atoms with Crippen molar-refractivity contribution in [2.24, 2.45) is 0 Å². The van der Waals surface area contributed by atoms with Crippen LogP contribution in [0, 0.1) is 0 Å². The van der Waals surface area contributed by atoms with Crippen LogP contribution >= 0.6 is 23.1 Å². The summed E-state index contributed by atoms with van der Waals surface area (Å²) in [5.41, 5.74) is 1.51. The van der Waals surface area contributed by atoms with Gasteiger partial charge in [-0.05, 0) is 62.4 Å². The minimum absolute atomic E-state index is 0.103. The zero-order chi connectivity index (χ0) is 27.1. The molecule has 1 N–H and O–H groups in total. The number of carbonyl (C=O) groups is 2. The van der Waals surface area contributed by atoms with E-state index >= 15 is 0 Å². The first-order valence-electron chi connectivity index (χ1n) is 12.4. The molecule has 0 bridgehead atoms. The number of aromatic nitrogens is 3. The number of methoxy groups -OCH3 is 2. The molecule has 3 aromatic rings. The predicted octanol–water partition coefficient (Wildman–Crippen LogP) is 5.46. The fraction of sp³-hybridized carbons (Fsp3) is 0.407. The van der Waals surface area contributed by atoms with E-state index in [9.17, 15) is 9.59 Å². The Morgan fingerprint density at radius 3 is 2.61 bits per heavy atom. The van der Waals surface area contributed by atoms with Crippen LogP contribution in [0.5, 0.6) is 11.5 Å². The lowest BCUT2D eigenvalue weighted by atomic mass is 10.1. The molecule has 11 heteroatoms. The number of anilines is 1. The van der Waals surface area contributed by atoms with Crippen LogP contribution in [0.25, 0.3) is 0 Å². The van der Waals surface area contributed by atoms with E-state index in [1.165, 1.54) is 30.2 Å². The van der Waals surface area contributed by atoms with E-state index in [1.54, 1.807) is 13.2 Å². The molecular weight excluding hydrogens is 524 g/mol. The molecule has 4 rings (SSSR count). The predicted molar refractivity (Wildman–Crippen MR) is 149 cm³/mol. The minimum atomic E-state index is -0.409. The summed E-state index contributed by atoms with van der Waals surface area (Å²) in [6, 6.07) is 7.31. The number of fused-ring (bicyclic) bond motifs is 1. The van der Waals surface area contributed by atoms with Gasteiger partial charge in [0, 0.05) is 11.4 Å². The van der Waals surface area contributed by atoms with Crippen molar-refractivity contribution in [2.75, 3.05) is 25.3 Å². The maximum atomic E-state index is 12.9. The van der Waals surface area contributed by atoms with Crippen molar-refractivity contribution in [3.8, 4) is 11.5 Å². The average Bonchev–Trinajstić information content (AvgIpc) is 3.39. The SMILES string of the molecule is C=CCn1c(SCC(=O)Nc2sc3c(c2C(=O)OC)CCCCC3)nnc1C(C)Oc1ccc(OC)cc1. The van der Waals surface area contributed by atoms with E-state index in [-0.39, 0.29) is 17.8 Å². The zero-order valence-electron chi connectivity index (χ0n) is 21.8. The van der Waals surface area contributed by atoms with E-state index in [4.69, 9.17) is 14.2 Å². The van der Waals surface area contributed by atoms with E-state index in [2.05, 4.69) is 22.1 Å². The Hall–Kier alpha value is -3.31. The van der Waals surface area contributed by atoms with Crippen LogP contribution in [0.15, 0.2) is 42.1 Å². The summed E-state index contributed by atoms with van der Waals surface area (Å²) in [6.07, 6.45) is 6.35. The summed E-state index contributed by atoms with van der Waals surface area (Å²) < 4.78 is 18.2. The standard InChI is InChI=1S/C27H32N4O5S2/c1-5-15-31-24(17(2)36-19-13-11-18(34-3)12-14-19)29-30-27(31)37-16-22(32)28-25-23(26(33)35-4)20-9-7-6-8-10-21(20)38-25/h5,11-14,17H,1,6-10,15-16H2,2-4H3,(H,28,32). The topological polar surface area (TPSA) is 105 Å². The highest BCUT2D eigenvalue weighted by molar-refractivity contribution is 7.99. The number of hydrogen-bond acceptors (Lipinski definition) is 9. The van der Waals surface area contributed by atoms with E-state index in [0.717, 1.165) is 48.3 Å². The molecular formula is C27H32N4O5S2. The molecule has 0 spiro atoms. The van der Waals surface area contributed by atoms with Crippen molar-refractivity contribution in [3.05, 3.63) is 58.7 Å². The molecule has 0 aliphatic heterocycles. The smallest absolute Gasteiger partial charge is 0.341 e. The third-order valence-electron chi connectivity index (χ3n) is 6.19. The molecule has 0 saturated carbocycles. The highest BCUT2D eigenvalue weighted by Crippen LogP contribution is 2.38. The number of benzene rings is 1. The molecule has 1 amide bonds. The first kappa shape index (κ1) is 27.7. The normalized spacial score (nSPS) is 13.7. The Kier molecular flexibility index (Phi) is 9.46.